The molecule has 0 aromatic rings. The van der Waals surface area contributed by atoms with Gasteiger partial charge in [0.15, 0.2) is 0 Å². The van der Waals surface area contributed by atoms with Gasteiger partial charge in [0.05, 0.1) is 6.10 Å². The highest BCUT2D eigenvalue weighted by molar-refractivity contribution is 5.33. The van der Waals surface area contributed by atoms with Crippen LogP contribution in [0.2, 0.25) is 0 Å². The van der Waals surface area contributed by atoms with Crippen molar-refractivity contribution in [2.45, 2.75) is 126 Å². The molecule has 31 heavy (non-hydrogen) atoms. The molecular weight excluding hydrogens is 376 g/mol. The number of aliphatic hydroxyl groups is 1. The van der Waals surface area contributed by atoms with E-state index in [1.54, 1.807) is 0 Å². The molecule has 8 atom stereocenters. The molecule has 1 nitrogen and oxygen atoms in total. The fourth-order valence-corrected chi connectivity index (χ4v) is 10.5. The molecule has 5 rings (SSSR count). The van der Waals surface area contributed by atoms with Gasteiger partial charge in [-0.2, -0.15) is 0 Å². The quantitative estimate of drug-likeness (QED) is 0.387. The lowest BCUT2D eigenvalue weighted by atomic mass is 9.33. The zero-order chi connectivity index (χ0) is 22.7. The Hall–Kier alpha value is -0.300. The van der Waals surface area contributed by atoms with E-state index in [2.05, 4.69) is 61.5 Å². The summed E-state index contributed by atoms with van der Waals surface area (Å²) in [4.78, 5) is 0. The van der Waals surface area contributed by atoms with E-state index in [0.717, 1.165) is 18.3 Å². The molecule has 0 radical (unpaired) electrons. The molecule has 3 unspecified atom stereocenters. The van der Waals surface area contributed by atoms with Crippen molar-refractivity contribution >= 4 is 0 Å². The van der Waals surface area contributed by atoms with Crippen LogP contribution in [0.4, 0.5) is 0 Å². The van der Waals surface area contributed by atoms with Crippen molar-refractivity contribution in [3.8, 4) is 0 Å². The lowest BCUT2D eigenvalue weighted by Crippen LogP contribution is -2.64. The van der Waals surface area contributed by atoms with Gasteiger partial charge < -0.3 is 5.11 Å². The van der Waals surface area contributed by atoms with Gasteiger partial charge in [0.2, 0.25) is 0 Å². The zero-order valence-electron chi connectivity index (χ0n) is 21.9. The first-order valence-electron chi connectivity index (χ1n) is 13.6. The van der Waals surface area contributed by atoms with Gasteiger partial charge in [0.25, 0.3) is 0 Å². The Morgan fingerprint density at radius 1 is 0.774 bits per heavy atom. The molecule has 4 saturated carbocycles. The summed E-state index contributed by atoms with van der Waals surface area (Å²) in [5, 5.41) is 10.9. The van der Waals surface area contributed by atoms with E-state index < -0.39 is 0 Å². The second-order valence-electron chi connectivity index (χ2n) is 15.2. The normalized spacial score (nSPS) is 55.2. The van der Waals surface area contributed by atoms with Crippen LogP contribution in [0.3, 0.4) is 0 Å². The Kier molecular flexibility index (Phi) is 4.66. The molecule has 176 valence electrons. The fraction of sp³-hybridized carbons (Fsp3) is 0.933. The molecule has 0 aromatic heterocycles. The Labute approximate surface area is 192 Å². The predicted octanol–water partition coefficient (Wildman–Crippen LogP) is 8.17. The van der Waals surface area contributed by atoms with Gasteiger partial charge >= 0.3 is 0 Å². The summed E-state index contributed by atoms with van der Waals surface area (Å²) in [6, 6.07) is 0. The van der Waals surface area contributed by atoms with E-state index in [9.17, 15) is 5.11 Å². The molecule has 0 spiro atoms. The molecule has 0 saturated heterocycles. The summed E-state index contributed by atoms with van der Waals surface area (Å²) >= 11 is 0. The average molecular weight is 427 g/mol. The molecule has 0 amide bonds. The van der Waals surface area contributed by atoms with Gasteiger partial charge in [-0.1, -0.05) is 67.0 Å². The van der Waals surface area contributed by atoms with E-state index in [4.69, 9.17) is 0 Å². The summed E-state index contributed by atoms with van der Waals surface area (Å²) < 4.78 is 0. The Balaban J connectivity index is 1.57. The molecule has 1 N–H and O–H groups in total. The van der Waals surface area contributed by atoms with Crippen LogP contribution >= 0.6 is 0 Å². The molecule has 1 heteroatoms. The molecule has 4 fully saturated rings. The maximum absolute atomic E-state index is 10.9. The summed E-state index contributed by atoms with van der Waals surface area (Å²) in [5.74, 6) is 2.21. The van der Waals surface area contributed by atoms with Crippen LogP contribution in [0.1, 0.15) is 120 Å². The first-order valence-corrected chi connectivity index (χ1v) is 13.6. The van der Waals surface area contributed by atoms with Crippen molar-refractivity contribution in [3.05, 3.63) is 11.6 Å². The van der Waals surface area contributed by atoms with Gasteiger partial charge in [0.1, 0.15) is 0 Å². The van der Waals surface area contributed by atoms with Gasteiger partial charge in [-0.15, -0.1) is 0 Å². The smallest absolute Gasteiger partial charge is 0.0594 e. The minimum absolute atomic E-state index is 0.0533. The van der Waals surface area contributed by atoms with Crippen molar-refractivity contribution in [2.75, 3.05) is 0 Å². The van der Waals surface area contributed by atoms with Crippen molar-refractivity contribution < 1.29 is 5.11 Å². The summed E-state index contributed by atoms with van der Waals surface area (Å²) in [6.45, 7) is 20.4. The topological polar surface area (TPSA) is 20.2 Å². The van der Waals surface area contributed by atoms with Gasteiger partial charge in [-0.25, -0.2) is 0 Å². The number of rotatable bonds is 0. The number of hydrogen-bond acceptors (Lipinski definition) is 1. The van der Waals surface area contributed by atoms with Crippen LogP contribution in [-0.2, 0) is 0 Å². The monoisotopic (exact) mass is 426 g/mol. The zero-order valence-corrected chi connectivity index (χ0v) is 21.9. The maximum Gasteiger partial charge on any atom is 0.0594 e. The number of hydrogen-bond donors (Lipinski definition) is 1. The Morgan fingerprint density at radius 3 is 2.16 bits per heavy atom. The van der Waals surface area contributed by atoms with Crippen LogP contribution in [-0.4, -0.2) is 11.2 Å². The van der Waals surface area contributed by atoms with E-state index in [-0.39, 0.29) is 11.5 Å². The molecule has 0 heterocycles. The third-order valence-electron chi connectivity index (χ3n) is 13.0. The van der Waals surface area contributed by atoms with Gasteiger partial charge in [0, 0.05) is 0 Å². The first kappa shape index (κ1) is 22.5. The van der Waals surface area contributed by atoms with E-state index in [1.807, 2.05) is 5.57 Å². The first-order chi connectivity index (χ1) is 14.2. The van der Waals surface area contributed by atoms with Crippen molar-refractivity contribution in [2.24, 2.45) is 50.2 Å². The molecule has 5 aliphatic rings. The SMILES string of the molecule is CC1(C)CC[C@]2(C)CC[C@]3(C)C(=CCC4[C@@]5(C)CC[C@H](O)C(C)(C)C5CC[C@]43C)C2C1. The summed E-state index contributed by atoms with van der Waals surface area (Å²) in [6.07, 6.45) is 15.9. The highest BCUT2D eigenvalue weighted by Gasteiger charge is 2.67. The van der Waals surface area contributed by atoms with Crippen LogP contribution in [0.5, 0.6) is 0 Å². The molecule has 0 bridgehead atoms. The molecule has 0 aliphatic heterocycles. The van der Waals surface area contributed by atoms with E-state index >= 15 is 0 Å². The molecule has 0 aromatic carbocycles. The van der Waals surface area contributed by atoms with Crippen LogP contribution < -0.4 is 0 Å². The Morgan fingerprint density at radius 2 is 1.45 bits per heavy atom. The van der Waals surface area contributed by atoms with Crippen molar-refractivity contribution in [3.63, 3.8) is 0 Å². The number of aliphatic hydroxyl groups excluding tert-OH is 1. The third-order valence-corrected chi connectivity index (χ3v) is 13.0. The van der Waals surface area contributed by atoms with E-state index in [0.29, 0.717) is 33.0 Å². The summed E-state index contributed by atoms with van der Waals surface area (Å²) in [5.41, 5.74) is 4.09. The van der Waals surface area contributed by atoms with Crippen molar-refractivity contribution in [1.82, 2.24) is 0 Å². The third kappa shape index (κ3) is 2.77. The van der Waals surface area contributed by atoms with E-state index in [1.165, 1.54) is 57.8 Å². The second-order valence-corrected chi connectivity index (χ2v) is 15.2. The number of allylic oxidation sites excluding steroid dienone is 2. The lowest BCUT2D eigenvalue weighted by Gasteiger charge is -2.71. The second kappa shape index (κ2) is 6.43. The highest BCUT2D eigenvalue weighted by atomic mass is 16.3. The summed E-state index contributed by atoms with van der Waals surface area (Å²) in [7, 11) is 0. The fourth-order valence-electron chi connectivity index (χ4n) is 10.5. The van der Waals surface area contributed by atoms with Gasteiger partial charge in [-0.05, 0) is 114 Å². The average Bonchev–Trinajstić information content (AvgIpc) is 2.67. The van der Waals surface area contributed by atoms with Gasteiger partial charge in [-0.3, -0.25) is 0 Å². The standard InChI is InChI=1S/C30H50O/c1-25(2)15-16-27(5)17-18-29(7)20(21(27)19-25)9-10-23-28(6)13-12-24(31)26(3,4)22(28)11-14-30(23,29)8/h9,21-24,31H,10-19H2,1-8H3/t21?,22?,23?,24-,27+,28-,29+,30+/m0/s1. The minimum Gasteiger partial charge on any atom is -0.393 e. The van der Waals surface area contributed by atoms with Crippen LogP contribution in [0.25, 0.3) is 0 Å². The van der Waals surface area contributed by atoms with Crippen molar-refractivity contribution in [1.29, 1.82) is 0 Å². The lowest BCUT2D eigenvalue weighted by molar-refractivity contribution is -0.202. The molecular formula is C30H50O. The number of fused-ring (bicyclic) bond motifs is 7. The highest BCUT2D eigenvalue weighted by Crippen LogP contribution is 2.75. The molecule has 5 aliphatic carbocycles. The minimum atomic E-state index is -0.125. The largest absolute Gasteiger partial charge is 0.393 e. The van der Waals surface area contributed by atoms with Crippen LogP contribution in [0, 0.1) is 50.2 Å². The predicted molar refractivity (Wildman–Crippen MR) is 131 cm³/mol. The maximum atomic E-state index is 10.9. The van der Waals surface area contributed by atoms with Crippen LogP contribution in [0.15, 0.2) is 11.6 Å². The Bertz CT molecular complexity index is 790.